The zero-order valence-corrected chi connectivity index (χ0v) is 13.3. The zero-order chi connectivity index (χ0) is 16.0. The molecule has 116 valence electrons. The molecule has 0 aromatic heterocycles. The van der Waals surface area contributed by atoms with Crippen molar-refractivity contribution in [1.29, 1.82) is 0 Å². The van der Waals surface area contributed by atoms with E-state index in [1.165, 1.54) is 0 Å². The lowest BCUT2D eigenvalue weighted by molar-refractivity contribution is -0.125. The van der Waals surface area contributed by atoms with Crippen LogP contribution in [0.5, 0.6) is 0 Å². The maximum Gasteiger partial charge on any atom is 0.250 e. The Labute approximate surface area is 126 Å². The number of nitrogens with one attached hydrogen (secondary N) is 2. The largest absolute Gasteiger partial charge is 0.366 e. The number of rotatable bonds is 5. The van der Waals surface area contributed by atoms with E-state index in [-0.39, 0.29) is 29.9 Å². The van der Waals surface area contributed by atoms with Crippen LogP contribution in [0.4, 0.5) is 11.4 Å². The van der Waals surface area contributed by atoms with Crippen molar-refractivity contribution in [3.63, 3.8) is 0 Å². The highest BCUT2D eigenvalue weighted by atomic mass is 16.5. The second-order valence-electron chi connectivity index (χ2n) is 6.17. The Kier molecular flexibility index (Phi) is 5.90. The minimum absolute atomic E-state index is 0.00926. The van der Waals surface area contributed by atoms with Gasteiger partial charge in [0, 0.05) is 17.3 Å². The summed E-state index contributed by atoms with van der Waals surface area (Å²) < 4.78 is 5.40. The fraction of sp³-hybridized carbons (Fsp3) is 0.500. The van der Waals surface area contributed by atoms with Gasteiger partial charge in [0.15, 0.2) is 0 Å². The highest BCUT2D eigenvalue weighted by Crippen LogP contribution is 2.15. The molecular formula is C16H24N2O3. The Morgan fingerprint density at radius 1 is 1.05 bits per heavy atom. The fourth-order valence-electron chi connectivity index (χ4n) is 1.40. The lowest BCUT2D eigenvalue weighted by Gasteiger charge is -2.19. The summed E-state index contributed by atoms with van der Waals surface area (Å²) in [6.45, 7) is 9.36. The third kappa shape index (κ3) is 6.90. The SMILES string of the molecule is CC(C)C(=O)Nc1ccc(NC(=O)COC(C)(C)C)cc1. The molecule has 0 saturated carbocycles. The van der Waals surface area contributed by atoms with Crippen LogP contribution in [0.2, 0.25) is 0 Å². The topological polar surface area (TPSA) is 67.4 Å². The molecule has 0 aliphatic carbocycles. The number of amides is 2. The highest BCUT2D eigenvalue weighted by Gasteiger charge is 2.13. The summed E-state index contributed by atoms with van der Waals surface area (Å²) >= 11 is 0. The number of anilines is 2. The first-order valence-corrected chi connectivity index (χ1v) is 7.02. The van der Waals surface area contributed by atoms with Gasteiger partial charge in [0.05, 0.1) is 5.60 Å². The fourth-order valence-corrected chi connectivity index (χ4v) is 1.40. The molecule has 2 N–H and O–H groups in total. The van der Waals surface area contributed by atoms with Crippen molar-refractivity contribution in [2.24, 2.45) is 5.92 Å². The summed E-state index contributed by atoms with van der Waals surface area (Å²) in [6.07, 6.45) is 0. The average Bonchev–Trinajstić information content (AvgIpc) is 2.38. The van der Waals surface area contributed by atoms with Crippen molar-refractivity contribution in [1.82, 2.24) is 0 Å². The van der Waals surface area contributed by atoms with Crippen LogP contribution in [-0.2, 0) is 14.3 Å². The van der Waals surface area contributed by atoms with Crippen LogP contribution in [0.1, 0.15) is 34.6 Å². The standard InChI is InChI=1S/C16H24N2O3/c1-11(2)15(20)18-13-8-6-12(7-9-13)17-14(19)10-21-16(3,4)5/h6-9,11H,10H2,1-5H3,(H,17,19)(H,18,20). The Balaban J connectivity index is 2.51. The van der Waals surface area contributed by atoms with Gasteiger partial charge in [0.1, 0.15) is 6.61 Å². The van der Waals surface area contributed by atoms with E-state index in [9.17, 15) is 9.59 Å². The lowest BCUT2D eigenvalue weighted by Crippen LogP contribution is -2.27. The number of ether oxygens (including phenoxy) is 1. The number of hydrogen-bond donors (Lipinski definition) is 2. The molecule has 0 aliphatic heterocycles. The molecule has 0 bridgehead atoms. The molecule has 21 heavy (non-hydrogen) atoms. The van der Waals surface area contributed by atoms with Gasteiger partial charge in [0.2, 0.25) is 11.8 Å². The van der Waals surface area contributed by atoms with Crippen molar-refractivity contribution < 1.29 is 14.3 Å². The smallest absolute Gasteiger partial charge is 0.250 e. The van der Waals surface area contributed by atoms with Gasteiger partial charge in [-0.15, -0.1) is 0 Å². The zero-order valence-electron chi connectivity index (χ0n) is 13.3. The van der Waals surface area contributed by atoms with Crippen molar-refractivity contribution in [2.75, 3.05) is 17.2 Å². The molecule has 1 aromatic rings. The first-order valence-electron chi connectivity index (χ1n) is 7.02. The van der Waals surface area contributed by atoms with E-state index in [2.05, 4.69) is 10.6 Å². The number of hydrogen-bond acceptors (Lipinski definition) is 3. The van der Waals surface area contributed by atoms with Crippen LogP contribution < -0.4 is 10.6 Å². The molecule has 0 atom stereocenters. The van der Waals surface area contributed by atoms with Crippen LogP contribution in [-0.4, -0.2) is 24.0 Å². The monoisotopic (exact) mass is 292 g/mol. The molecule has 0 fully saturated rings. The molecule has 0 unspecified atom stereocenters. The molecule has 0 spiro atoms. The van der Waals surface area contributed by atoms with E-state index in [1.807, 2.05) is 34.6 Å². The third-order valence-electron chi connectivity index (χ3n) is 2.60. The predicted octanol–water partition coefficient (Wildman–Crippen LogP) is 3.03. The lowest BCUT2D eigenvalue weighted by atomic mass is 10.2. The maximum absolute atomic E-state index is 11.7. The van der Waals surface area contributed by atoms with E-state index >= 15 is 0 Å². The highest BCUT2D eigenvalue weighted by molar-refractivity contribution is 5.94. The predicted molar refractivity (Wildman–Crippen MR) is 84.2 cm³/mol. The van der Waals surface area contributed by atoms with E-state index in [0.717, 1.165) is 0 Å². The summed E-state index contributed by atoms with van der Waals surface area (Å²) in [6, 6.07) is 6.98. The summed E-state index contributed by atoms with van der Waals surface area (Å²) in [5.74, 6) is -0.312. The quantitative estimate of drug-likeness (QED) is 0.876. The summed E-state index contributed by atoms with van der Waals surface area (Å²) in [5.41, 5.74) is 1.03. The Morgan fingerprint density at radius 2 is 1.52 bits per heavy atom. The first-order chi connectivity index (χ1) is 9.67. The minimum atomic E-state index is -0.345. The molecule has 5 nitrogen and oxygen atoms in total. The van der Waals surface area contributed by atoms with E-state index in [1.54, 1.807) is 24.3 Å². The van der Waals surface area contributed by atoms with Gasteiger partial charge in [-0.25, -0.2) is 0 Å². The van der Waals surface area contributed by atoms with Crippen LogP contribution in [0.15, 0.2) is 24.3 Å². The maximum atomic E-state index is 11.7. The Bertz CT molecular complexity index is 487. The van der Waals surface area contributed by atoms with Gasteiger partial charge in [-0.05, 0) is 45.0 Å². The minimum Gasteiger partial charge on any atom is -0.366 e. The van der Waals surface area contributed by atoms with Gasteiger partial charge in [-0.2, -0.15) is 0 Å². The normalized spacial score (nSPS) is 11.3. The van der Waals surface area contributed by atoms with Crippen LogP contribution in [0.25, 0.3) is 0 Å². The number of carbonyl (C=O) groups excluding carboxylic acids is 2. The van der Waals surface area contributed by atoms with Crippen LogP contribution in [0.3, 0.4) is 0 Å². The van der Waals surface area contributed by atoms with Gasteiger partial charge in [-0.1, -0.05) is 13.8 Å². The van der Waals surface area contributed by atoms with Gasteiger partial charge >= 0.3 is 0 Å². The molecule has 0 saturated heterocycles. The van der Waals surface area contributed by atoms with Crippen molar-refractivity contribution in [3.05, 3.63) is 24.3 Å². The second-order valence-corrected chi connectivity index (χ2v) is 6.17. The van der Waals surface area contributed by atoms with E-state index in [0.29, 0.717) is 11.4 Å². The average molecular weight is 292 g/mol. The molecular weight excluding hydrogens is 268 g/mol. The summed E-state index contributed by atoms with van der Waals surface area (Å²) in [4.78, 5) is 23.3. The molecule has 5 heteroatoms. The van der Waals surface area contributed by atoms with Crippen molar-refractivity contribution in [2.45, 2.75) is 40.2 Å². The second kappa shape index (κ2) is 7.22. The summed E-state index contributed by atoms with van der Waals surface area (Å²) in [7, 11) is 0. The van der Waals surface area contributed by atoms with Gasteiger partial charge in [-0.3, -0.25) is 9.59 Å². The molecule has 0 aliphatic rings. The Morgan fingerprint density at radius 3 is 1.95 bits per heavy atom. The number of carbonyl (C=O) groups is 2. The third-order valence-corrected chi connectivity index (χ3v) is 2.60. The van der Waals surface area contributed by atoms with Crippen molar-refractivity contribution in [3.8, 4) is 0 Å². The Hall–Kier alpha value is -1.88. The molecule has 1 rings (SSSR count). The molecule has 1 aromatic carbocycles. The molecule has 0 heterocycles. The summed E-state index contributed by atoms with van der Waals surface area (Å²) in [5, 5.41) is 5.53. The molecule has 0 radical (unpaired) electrons. The van der Waals surface area contributed by atoms with Crippen LogP contribution in [0, 0.1) is 5.92 Å². The van der Waals surface area contributed by atoms with Crippen molar-refractivity contribution >= 4 is 23.2 Å². The van der Waals surface area contributed by atoms with E-state index in [4.69, 9.17) is 4.74 Å². The van der Waals surface area contributed by atoms with Gasteiger partial charge in [0.25, 0.3) is 0 Å². The molecule has 2 amide bonds. The first kappa shape index (κ1) is 17.2. The van der Waals surface area contributed by atoms with E-state index < -0.39 is 0 Å². The number of benzene rings is 1. The van der Waals surface area contributed by atoms with Crippen LogP contribution >= 0.6 is 0 Å². The van der Waals surface area contributed by atoms with Gasteiger partial charge < -0.3 is 15.4 Å².